The summed E-state index contributed by atoms with van der Waals surface area (Å²) in [4.78, 5) is 20.3. The van der Waals surface area contributed by atoms with Crippen LogP contribution >= 0.6 is 0 Å². The van der Waals surface area contributed by atoms with Gasteiger partial charge in [0.25, 0.3) is 5.91 Å². The second-order valence-electron chi connectivity index (χ2n) is 7.55. The lowest BCUT2D eigenvalue weighted by Gasteiger charge is -2.29. The topological polar surface area (TPSA) is 42.4 Å². The zero-order chi connectivity index (χ0) is 20.5. The van der Waals surface area contributed by atoms with Crippen LogP contribution in [0.25, 0.3) is 22.2 Å². The standard InChI is InChI=1S/C26H22N2O2/c1-30-21-12-10-19(11-13-21)25-16-23(22-8-4-5-9-24(22)27-25)26(29)28-15-14-18-6-2-3-7-20(18)17-28/h2-13,16H,14-15,17H2,1H3. The molecule has 0 atom stereocenters. The fraction of sp³-hybridized carbons (Fsp3) is 0.154. The summed E-state index contributed by atoms with van der Waals surface area (Å²) in [5, 5.41) is 0.888. The number of benzene rings is 3. The first-order valence-electron chi connectivity index (χ1n) is 10.1. The van der Waals surface area contributed by atoms with Gasteiger partial charge in [0.15, 0.2) is 0 Å². The maximum absolute atomic E-state index is 13.6. The molecule has 0 N–H and O–H groups in total. The van der Waals surface area contributed by atoms with E-state index in [9.17, 15) is 4.79 Å². The fourth-order valence-corrected chi connectivity index (χ4v) is 4.10. The zero-order valence-electron chi connectivity index (χ0n) is 16.8. The van der Waals surface area contributed by atoms with Gasteiger partial charge in [-0.1, -0.05) is 42.5 Å². The van der Waals surface area contributed by atoms with Crippen LogP contribution in [-0.2, 0) is 13.0 Å². The molecule has 4 heteroatoms. The summed E-state index contributed by atoms with van der Waals surface area (Å²) in [6.45, 7) is 1.37. The Hall–Kier alpha value is -3.66. The van der Waals surface area contributed by atoms with Crippen molar-refractivity contribution in [2.24, 2.45) is 0 Å². The molecule has 1 aromatic heterocycles. The number of hydrogen-bond donors (Lipinski definition) is 0. The quantitative estimate of drug-likeness (QED) is 0.485. The Kier molecular flexibility index (Phi) is 4.68. The first kappa shape index (κ1) is 18.4. The minimum atomic E-state index is 0.0536. The van der Waals surface area contributed by atoms with E-state index < -0.39 is 0 Å². The van der Waals surface area contributed by atoms with Crippen LogP contribution in [0.4, 0.5) is 0 Å². The number of ether oxygens (including phenoxy) is 1. The van der Waals surface area contributed by atoms with Gasteiger partial charge in [0, 0.05) is 24.0 Å². The Balaban J connectivity index is 1.56. The lowest BCUT2D eigenvalue weighted by molar-refractivity contribution is 0.0736. The maximum Gasteiger partial charge on any atom is 0.254 e. The fourth-order valence-electron chi connectivity index (χ4n) is 4.10. The van der Waals surface area contributed by atoms with Gasteiger partial charge in [-0.25, -0.2) is 4.98 Å². The number of aromatic nitrogens is 1. The van der Waals surface area contributed by atoms with E-state index >= 15 is 0 Å². The lowest BCUT2D eigenvalue weighted by Crippen LogP contribution is -2.36. The Morgan fingerprint density at radius 1 is 0.933 bits per heavy atom. The molecule has 0 saturated heterocycles. The van der Waals surface area contributed by atoms with Crippen LogP contribution in [-0.4, -0.2) is 29.4 Å². The Labute approximate surface area is 175 Å². The number of rotatable bonds is 3. The molecule has 0 aliphatic carbocycles. The highest BCUT2D eigenvalue weighted by Gasteiger charge is 2.24. The molecule has 4 aromatic rings. The predicted octanol–water partition coefficient (Wildman–Crippen LogP) is 5.11. The third-order valence-corrected chi connectivity index (χ3v) is 5.75. The highest BCUT2D eigenvalue weighted by Crippen LogP contribution is 2.28. The van der Waals surface area contributed by atoms with Gasteiger partial charge < -0.3 is 9.64 Å². The van der Waals surface area contributed by atoms with Crippen molar-refractivity contribution in [2.45, 2.75) is 13.0 Å². The average molecular weight is 394 g/mol. The molecule has 1 amide bonds. The number of carbonyl (C=O) groups is 1. The lowest BCUT2D eigenvalue weighted by atomic mass is 9.98. The molecule has 0 fully saturated rings. The second kappa shape index (κ2) is 7.64. The first-order valence-corrected chi connectivity index (χ1v) is 10.1. The summed E-state index contributed by atoms with van der Waals surface area (Å²) in [5.41, 5.74) is 5.83. The molecule has 0 bridgehead atoms. The van der Waals surface area contributed by atoms with E-state index in [0.29, 0.717) is 12.1 Å². The van der Waals surface area contributed by atoms with Crippen molar-refractivity contribution in [1.29, 1.82) is 0 Å². The van der Waals surface area contributed by atoms with Crippen LogP contribution in [0.15, 0.2) is 78.9 Å². The molecule has 0 unspecified atom stereocenters. The van der Waals surface area contributed by atoms with E-state index in [4.69, 9.17) is 9.72 Å². The van der Waals surface area contributed by atoms with Gasteiger partial charge in [0.1, 0.15) is 5.75 Å². The molecule has 0 spiro atoms. The molecule has 148 valence electrons. The molecule has 0 radical (unpaired) electrons. The number of pyridine rings is 1. The minimum absolute atomic E-state index is 0.0536. The highest BCUT2D eigenvalue weighted by molar-refractivity contribution is 6.07. The van der Waals surface area contributed by atoms with E-state index in [1.807, 2.05) is 65.6 Å². The van der Waals surface area contributed by atoms with Crippen molar-refractivity contribution in [3.8, 4) is 17.0 Å². The van der Waals surface area contributed by atoms with Crippen molar-refractivity contribution in [2.75, 3.05) is 13.7 Å². The van der Waals surface area contributed by atoms with Crippen molar-refractivity contribution < 1.29 is 9.53 Å². The van der Waals surface area contributed by atoms with Gasteiger partial charge in [-0.2, -0.15) is 0 Å². The minimum Gasteiger partial charge on any atom is -0.497 e. The van der Waals surface area contributed by atoms with E-state index in [0.717, 1.165) is 40.9 Å². The highest BCUT2D eigenvalue weighted by atomic mass is 16.5. The van der Waals surface area contributed by atoms with E-state index in [-0.39, 0.29) is 5.91 Å². The smallest absolute Gasteiger partial charge is 0.254 e. The number of methoxy groups -OCH3 is 1. The van der Waals surface area contributed by atoms with Crippen LogP contribution < -0.4 is 4.74 Å². The number of amides is 1. The summed E-state index contributed by atoms with van der Waals surface area (Å²) < 4.78 is 5.26. The van der Waals surface area contributed by atoms with E-state index in [1.165, 1.54) is 11.1 Å². The third-order valence-electron chi connectivity index (χ3n) is 5.75. The molecule has 4 nitrogen and oxygen atoms in total. The molecule has 5 rings (SSSR count). The van der Waals surface area contributed by atoms with Crippen molar-refractivity contribution >= 4 is 16.8 Å². The molecular formula is C26H22N2O2. The monoisotopic (exact) mass is 394 g/mol. The molecular weight excluding hydrogens is 372 g/mol. The number of nitrogens with zero attached hydrogens (tertiary/aromatic N) is 2. The molecule has 1 aliphatic rings. The Morgan fingerprint density at radius 2 is 1.67 bits per heavy atom. The van der Waals surface area contributed by atoms with Crippen LogP contribution in [0, 0.1) is 0 Å². The summed E-state index contributed by atoms with van der Waals surface area (Å²) in [6, 6.07) is 25.9. The Morgan fingerprint density at radius 3 is 2.47 bits per heavy atom. The zero-order valence-corrected chi connectivity index (χ0v) is 16.8. The Bertz CT molecular complexity index is 1230. The average Bonchev–Trinajstić information content (AvgIpc) is 2.82. The van der Waals surface area contributed by atoms with E-state index in [2.05, 4.69) is 18.2 Å². The van der Waals surface area contributed by atoms with Crippen molar-refractivity contribution in [3.05, 3.63) is 95.6 Å². The van der Waals surface area contributed by atoms with Crippen LogP contribution in [0.2, 0.25) is 0 Å². The maximum atomic E-state index is 13.6. The second-order valence-corrected chi connectivity index (χ2v) is 7.55. The van der Waals surface area contributed by atoms with Crippen LogP contribution in [0.1, 0.15) is 21.5 Å². The van der Waals surface area contributed by atoms with Gasteiger partial charge in [-0.15, -0.1) is 0 Å². The molecule has 0 saturated carbocycles. The molecule has 1 aliphatic heterocycles. The van der Waals surface area contributed by atoms with Crippen molar-refractivity contribution in [3.63, 3.8) is 0 Å². The van der Waals surface area contributed by atoms with Crippen LogP contribution in [0.3, 0.4) is 0 Å². The molecule has 3 aromatic carbocycles. The normalized spacial score (nSPS) is 13.2. The summed E-state index contributed by atoms with van der Waals surface area (Å²) >= 11 is 0. The number of fused-ring (bicyclic) bond motifs is 2. The predicted molar refractivity (Wildman–Crippen MR) is 119 cm³/mol. The number of para-hydroxylation sites is 1. The van der Waals surface area contributed by atoms with E-state index in [1.54, 1.807) is 7.11 Å². The van der Waals surface area contributed by atoms with Crippen LogP contribution in [0.5, 0.6) is 5.75 Å². The largest absolute Gasteiger partial charge is 0.497 e. The summed E-state index contributed by atoms with van der Waals surface area (Å²) in [6.07, 6.45) is 0.885. The summed E-state index contributed by atoms with van der Waals surface area (Å²) in [5.74, 6) is 0.848. The van der Waals surface area contributed by atoms with Gasteiger partial charge >= 0.3 is 0 Å². The third kappa shape index (κ3) is 3.30. The molecule has 2 heterocycles. The SMILES string of the molecule is COc1ccc(-c2cc(C(=O)N3CCc4ccccc4C3)c3ccccc3n2)cc1. The molecule has 30 heavy (non-hydrogen) atoms. The first-order chi connectivity index (χ1) is 14.7. The van der Waals surface area contributed by atoms with Gasteiger partial charge in [-0.05, 0) is 53.9 Å². The van der Waals surface area contributed by atoms with Gasteiger partial charge in [0.05, 0.1) is 23.9 Å². The van der Waals surface area contributed by atoms with Gasteiger partial charge in [0.2, 0.25) is 0 Å². The number of hydrogen-bond acceptors (Lipinski definition) is 3. The summed E-state index contributed by atoms with van der Waals surface area (Å²) in [7, 11) is 1.65. The van der Waals surface area contributed by atoms with Gasteiger partial charge in [-0.3, -0.25) is 4.79 Å². The van der Waals surface area contributed by atoms with Crippen molar-refractivity contribution in [1.82, 2.24) is 9.88 Å². The number of carbonyl (C=O) groups excluding carboxylic acids is 1.